The summed E-state index contributed by atoms with van der Waals surface area (Å²) < 4.78 is 5.50. The first-order valence-corrected chi connectivity index (χ1v) is 23.3. The predicted octanol–water partition coefficient (Wildman–Crippen LogP) is 7.95. The highest BCUT2D eigenvalue weighted by Crippen LogP contribution is 2.27. The van der Waals surface area contributed by atoms with Crippen molar-refractivity contribution in [2.45, 2.75) is 52.1 Å². The summed E-state index contributed by atoms with van der Waals surface area (Å²) in [7, 11) is 0. The number of hydrogen-bond acceptors (Lipinski definition) is 17. The summed E-state index contributed by atoms with van der Waals surface area (Å²) in [4.78, 5) is 65.4. The number of nitriles is 2. The molecule has 2 saturated heterocycles. The van der Waals surface area contributed by atoms with Crippen LogP contribution in [0.25, 0.3) is 0 Å². The number of piperidine rings is 2. The summed E-state index contributed by atoms with van der Waals surface area (Å²) in [6.45, 7) is 10.2. The Labute approximate surface area is 412 Å². The molecule has 4 aromatic heterocycles. The van der Waals surface area contributed by atoms with Gasteiger partial charge >= 0.3 is 6.09 Å². The summed E-state index contributed by atoms with van der Waals surface area (Å²) in [5.74, 6) is 2.19. The highest BCUT2D eigenvalue weighted by Gasteiger charge is 2.27. The van der Waals surface area contributed by atoms with E-state index in [1.165, 1.54) is 31.0 Å². The molecule has 2 aliphatic rings. The maximum atomic E-state index is 13.1. The number of amides is 3. The van der Waals surface area contributed by atoms with Gasteiger partial charge in [0.1, 0.15) is 41.0 Å². The smallest absolute Gasteiger partial charge is 0.410 e. The first kappa shape index (κ1) is 50.1. The first-order chi connectivity index (χ1) is 34.4. The molecule has 2 fully saturated rings. The average molecular weight is 957 g/mol. The van der Waals surface area contributed by atoms with E-state index < -0.39 is 5.60 Å². The Morgan fingerprint density at radius 3 is 1.46 bits per heavy atom. The minimum absolute atomic E-state index is 0.210. The fourth-order valence-electron chi connectivity index (χ4n) is 7.55. The Balaban J connectivity index is 0.000000213. The Morgan fingerprint density at radius 2 is 1.06 bits per heavy atom. The second-order valence-electron chi connectivity index (χ2n) is 17.8. The van der Waals surface area contributed by atoms with Gasteiger partial charge in [0.05, 0.1) is 47.3 Å². The Kier molecular flexibility index (Phi) is 17.3. The van der Waals surface area contributed by atoms with Gasteiger partial charge in [0, 0.05) is 62.1 Å². The number of hydrogen-bond donors (Lipinski definition) is 7. The van der Waals surface area contributed by atoms with Gasteiger partial charge in [-0.25, -0.2) is 34.7 Å². The number of anilines is 8. The van der Waals surface area contributed by atoms with Crippen LogP contribution in [-0.4, -0.2) is 97.6 Å². The SMILES string of the molecule is CC(C)(C)OC(=O)N1CCC(CNc2cc(Nc3cnc(C#N)cn3)ncc2C(=O)Nc2ccccc2)CC1.N#Cc1cnc(Nc2cc(NCC3CCNCC3)c(C(=O)Nc3ccccc3)cn2)cn1. The Bertz CT molecular complexity index is 2800. The number of carbonyl (C=O) groups excluding carboxylic acids is 3. The van der Waals surface area contributed by atoms with Crippen LogP contribution in [0.15, 0.2) is 110 Å². The molecule has 364 valence electrons. The van der Waals surface area contributed by atoms with Crippen molar-refractivity contribution in [2.24, 2.45) is 11.8 Å². The van der Waals surface area contributed by atoms with Gasteiger partial charge in [0.2, 0.25) is 0 Å². The van der Waals surface area contributed by atoms with Crippen LogP contribution >= 0.6 is 0 Å². The molecule has 2 aromatic carbocycles. The second kappa shape index (κ2) is 24.5. The van der Waals surface area contributed by atoms with Crippen molar-refractivity contribution < 1.29 is 19.1 Å². The summed E-state index contributed by atoms with van der Waals surface area (Å²) in [6.07, 6.45) is 12.2. The van der Waals surface area contributed by atoms with Crippen LogP contribution in [0.4, 0.5) is 50.8 Å². The largest absolute Gasteiger partial charge is 0.444 e. The summed E-state index contributed by atoms with van der Waals surface area (Å²) in [5, 5.41) is 40.0. The van der Waals surface area contributed by atoms with E-state index in [1.807, 2.05) is 93.6 Å². The van der Waals surface area contributed by atoms with E-state index in [4.69, 9.17) is 15.3 Å². The van der Waals surface area contributed by atoms with Crippen LogP contribution in [0, 0.1) is 34.5 Å². The number of nitrogens with zero attached hydrogens (tertiary/aromatic N) is 9. The van der Waals surface area contributed by atoms with Crippen molar-refractivity contribution in [1.82, 2.24) is 40.1 Å². The van der Waals surface area contributed by atoms with Crippen LogP contribution in [0.1, 0.15) is 78.6 Å². The molecule has 3 amide bonds. The summed E-state index contributed by atoms with van der Waals surface area (Å²) in [6, 6.07) is 25.9. The van der Waals surface area contributed by atoms with E-state index in [0.29, 0.717) is 82.9 Å². The van der Waals surface area contributed by atoms with Gasteiger partial charge in [-0.2, -0.15) is 10.5 Å². The van der Waals surface area contributed by atoms with Crippen molar-refractivity contribution >= 4 is 63.9 Å². The maximum Gasteiger partial charge on any atom is 0.410 e. The third kappa shape index (κ3) is 15.4. The number of ether oxygens (including phenoxy) is 1. The molecule has 0 spiro atoms. The molecule has 0 aliphatic carbocycles. The van der Waals surface area contributed by atoms with E-state index in [9.17, 15) is 14.4 Å². The lowest BCUT2D eigenvalue weighted by Crippen LogP contribution is -2.42. The molecule has 0 atom stereocenters. The highest BCUT2D eigenvalue weighted by molar-refractivity contribution is 6.09. The molecule has 6 aromatic rings. The van der Waals surface area contributed by atoms with Gasteiger partial charge in [-0.05, 0) is 95.6 Å². The molecule has 7 N–H and O–H groups in total. The molecule has 2 aliphatic heterocycles. The van der Waals surface area contributed by atoms with Crippen molar-refractivity contribution in [2.75, 3.05) is 71.2 Å². The van der Waals surface area contributed by atoms with E-state index in [1.54, 1.807) is 23.2 Å². The molecule has 6 heterocycles. The monoisotopic (exact) mass is 956 g/mol. The van der Waals surface area contributed by atoms with Crippen molar-refractivity contribution in [1.29, 1.82) is 10.5 Å². The minimum Gasteiger partial charge on any atom is -0.444 e. The second-order valence-corrected chi connectivity index (χ2v) is 17.8. The Hall–Kier alpha value is -8.75. The molecule has 8 rings (SSSR count). The third-order valence-electron chi connectivity index (χ3n) is 11.3. The number of rotatable bonds is 14. The highest BCUT2D eigenvalue weighted by atomic mass is 16.6. The van der Waals surface area contributed by atoms with Gasteiger partial charge < -0.3 is 46.9 Å². The lowest BCUT2D eigenvalue weighted by atomic mass is 9.97. The Morgan fingerprint density at radius 1 is 0.620 bits per heavy atom. The fourth-order valence-corrected chi connectivity index (χ4v) is 7.55. The molecule has 71 heavy (non-hydrogen) atoms. The van der Waals surface area contributed by atoms with Gasteiger partial charge in [-0.3, -0.25) is 9.59 Å². The number of benzene rings is 2. The first-order valence-electron chi connectivity index (χ1n) is 23.3. The fraction of sp³-hybridized carbons (Fsp3) is 0.314. The molecule has 20 nitrogen and oxygen atoms in total. The average Bonchev–Trinajstić information content (AvgIpc) is 3.38. The molecular weight excluding hydrogens is 901 g/mol. The van der Waals surface area contributed by atoms with E-state index in [-0.39, 0.29) is 29.3 Å². The van der Waals surface area contributed by atoms with Gasteiger partial charge in [-0.1, -0.05) is 36.4 Å². The van der Waals surface area contributed by atoms with Crippen molar-refractivity contribution in [3.05, 3.63) is 132 Å². The molecule has 0 bridgehead atoms. The molecule has 0 saturated carbocycles. The third-order valence-corrected chi connectivity index (χ3v) is 11.3. The van der Waals surface area contributed by atoms with Crippen LogP contribution < -0.4 is 37.2 Å². The lowest BCUT2D eigenvalue weighted by molar-refractivity contribution is 0.0188. The zero-order valence-corrected chi connectivity index (χ0v) is 39.8. The zero-order valence-electron chi connectivity index (χ0n) is 39.8. The topological polar surface area (TPSA) is 273 Å². The molecule has 20 heteroatoms. The standard InChI is InChI=1S/C28H32N8O3.C23H24N8O/c1-28(2,3)39-27(38)36-11-9-19(10-12-36)15-31-23-13-24(35-25-18-30-21(14-29)16-32-25)33-17-22(23)26(37)34-20-7-5-4-6-8-20;24-11-18-13-28-22(15-26-18)31-21-10-20(27-12-16-6-8-25-9-7-16)19(14-29-21)23(32)30-17-4-2-1-3-5-17/h4-8,13,16-19H,9-12,15H2,1-3H3,(H,34,37)(H2,31,32,33,35);1-5,10,13-16,25H,6-9,12H2,(H,30,32)(H2,27,28,29,31). The number of carbonyl (C=O) groups is 3. The number of aromatic nitrogens is 6. The van der Waals surface area contributed by atoms with E-state index in [2.05, 4.69) is 67.1 Å². The van der Waals surface area contributed by atoms with Gasteiger partial charge in [0.15, 0.2) is 11.4 Å². The van der Waals surface area contributed by atoms with Crippen molar-refractivity contribution in [3.63, 3.8) is 0 Å². The van der Waals surface area contributed by atoms with Crippen LogP contribution in [0.3, 0.4) is 0 Å². The number of likely N-dealkylation sites (tertiary alicyclic amines) is 1. The molecule has 0 unspecified atom stereocenters. The lowest BCUT2D eigenvalue weighted by Gasteiger charge is -2.33. The summed E-state index contributed by atoms with van der Waals surface area (Å²) >= 11 is 0. The summed E-state index contributed by atoms with van der Waals surface area (Å²) in [5.41, 5.74) is 3.47. The normalized spacial score (nSPS) is 13.7. The quantitative estimate of drug-likeness (QED) is 0.0545. The molecule has 0 radical (unpaired) electrons. The molecular formula is C51H56N16O4. The van der Waals surface area contributed by atoms with Crippen LogP contribution in [-0.2, 0) is 4.74 Å². The maximum absolute atomic E-state index is 13.1. The van der Waals surface area contributed by atoms with E-state index >= 15 is 0 Å². The van der Waals surface area contributed by atoms with Crippen LogP contribution in [0.5, 0.6) is 0 Å². The van der Waals surface area contributed by atoms with E-state index in [0.717, 1.165) is 51.0 Å². The van der Waals surface area contributed by atoms with Gasteiger partial charge in [0.25, 0.3) is 11.8 Å². The predicted molar refractivity (Wildman–Crippen MR) is 270 cm³/mol. The zero-order chi connectivity index (χ0) is 50.0. The number of nitrogens with one attached hydrogen (secondary N) is 7. The number of para-hydroxylation sites is 2. The van der Waals surface area contributed by atoms with Crippen molar-refractivity contribution in [3.8, 4) is 12.1 Å². The minimum atomic E-state index is -0.525. The van der Waals surface area contributed by atoms with Crippen LogP contribution in [0.2, 0.25) is 0 Å². The number of pyridine rings is 2. The van der Waals surface area contributed by atoms with Gasteiger partial charge in [-0.15, -0.1) is 0 Å².